The van der Waals surface area contributed by atoms with Crippen molar-refractivity contribution in [3.8, 4) is 5.75 Å². The molecule has 2 aromatic carbocycles. The highest BCUT2D eigenvalue weighted by Gasteiger charge is 2.23. The SMILES string of the molecule is CCCOCCOCCOCCOCCC(=O)N[C@@H](Cc1ccc(O)cc1)C(=O)OCc1ccccc1. The van der Waals surface area contributed by atoms with Crippen molar-refractivity contribution in [2.45, 2.75) is 38.8 Å². The van der Waals surface area contributed by atoms with Crippen LogP contribution in [0.5, 0.6) is 5.75 Å². The fourth-order valence-electron chi connectivity index (χ4n) is 3.23. The smallest absolute Gasteiger partial charge is 0.329 e. The summed E-state index contributed by atoms with van der Waals surface area (Å²) in [5.41, 5.74) is 1.64. The summed E-state index contributed by atoms with van der Waals surface area (Å²) in [5, 5.41) is 12.3. The van der Waals surface area contributed by atoms with E-state index >= 15 is 0 Å². The lowest BCUT2D eigenvalue weighted by Gasteiger charge is -2.18. The van der Waals surface area contributed by atoms with Gasteiger partial charge in [-0.25, -0.2) is 4.79 Å². The number of carbonyl (C=O) groups excluding carboxylic acids is 2. The number of esters is 1. The molecule has 0 saturated carbocycles. The monoisotopic (exact) mass is 517 g/mol. The van der Waals surface area contributed by atoms with Crippen LogP contribution in [-0.4, -0.2) is 75.9 Å². The fraction of sp³-hybridized carbons (Fsp3) is 0.500. The van der Waals surface area contributed by atoms with E-state index in [2.05, 4.69) is 12.2 Å². The number of carbonyl (C=O) groups is 2. The van der Waals surface area contributed by atoms with E-state index in [-0.39, 0.29) is 37.7 Å². The van der Waals surface area contributed by atoms with Crippen molar-refractivity contribution in [1.82, 2.24) is 5.32 Å². The number of nitrogens with one attached hydrogen (secondary N) is 1. The average Bonchev–Trinajstić information content (AvgIpc) is 2.91. The molecule has 2 N–H and O–H groups in total. The predicted octanol–water partition coefficient (Wildman–Crippen LogP) is 3.03. The lowest BCUT2D eigenvalue weighted by molar-refractivity contribution is -0.149. The van der Waals surface area contributed by atoms with Crippen LogP contribution in [0.4, 0.5) is 0 Å². The first-order chi connectivity index (χ1) is 18.1. The Balaban J connectivity index is 1.66. The normalized spacial score (nSPS) is 11.7. The first-order valence-corrected chi connectivity index (χ1v) is 12.7. The third kappa shape index (κ3) is 14.4. The molecular weight excluding hydrogens is 478 g/mol. The molecule has 0 saturated heterocycles. The van der Waals surface area contributed by atoms with Crippen LogP contribution in [0.25, 0.3) is 0 Å². The second-order valence-corrected chi connectivity index (χ2v) is 8.28. The third-order valence-electron chi connectivity index (χ3n) is 5.16. The predicted molar refractivity (Wildman–Crippen MR) is 138 cm³/mol. The van der Waals surface area contributed by atoms with E-state index < -0.39 is 12.0 Å². The molecule has 0 unspecified atom stereocenters. The molecule has 1 amide bonds. The van der Waals surface area contributed by atoms with E-state index in [0.29, 0.717) is 39.6 Å². The Morgan fingerprint density at radius 2 is 1.32 bits per heavy atom. The first-order valence-electron chi connectivity index (χ1n) is 12.7. The van der Waals surface area contributed by atoms with Crippen molar-refractivity contribution < 1.29 is 38.4 Å². The second-order valence-electron chi connectivity index (χ2n) is 8.28. The van der Waals surface area contributed by atoms with Gasteiger partial charge in [0, 0.05) is 19.4 Å². The fourth-order valence-corrected chi connectivity index (χ4v) is 3.23. The minimum absolute atomic E-state index is 0.0961. The maximum Gasteiger partial charge on any atom is 0.329 e. The quantitative estimate of drug-likeness (QED) is 0.204. The van der Waals surface area contributed by atoms with Gasteiger partial charge in [0.05, 0.1) is 46.2 Å². The molecule has 9 nitrogen and oxygen atoms in total. The maximum absolute atomic E-state index is 12.8. The Morgan fingerprint density at radius 3 is 1.92 bits per heavy atom. The number of hydrogen-bond donors (Lipinski definition) is 2. The Morgan fingerprint density at radius 1 is 0.757 bits per heavy atom. The molecule has 2 aromatic rings. The van der Waals surface area contributed by atoms with E-state index in [0.717, 1.165) is 24.2 Å². The van der Waals surface area contributed by atoms with Gasteiger partial charge in [0.15, 0.2) is 0 Å². The van der Waals surface area contributed by atoms with Crippen LogP contribution in [0.1, 0.15) is 30.9 Å². The molecule has 9 heteroatoms. The molecule has 0 heterocycles. The number of hydrogen-bond acceptors (Lipinski definition) is 8. The van der Waals surface area contributed by atoms with Crippen molar-refractivity contribution in [1.29, 1.82) is 0 Å². The second kappa shape index (κ2) is 19.2. The molecule has 0 aliphatic rings. The van der Waals surface area contributed by atoms with Gasteiger partial charge in [-0.3, -0.25) is 4.79 Å². The standard InChI is InChI=1S/C28H39NO8/c1-2-13-33-15-17-35-19-20-36-18-16-34-14-12-27(31)29-26(21-23-8-10-25(30)11-9-23)28(32)37-22-24-6-4-3-5-7-24/h3-11,26,30H,2,12-22H2,1H3,(H,29,31)/t26-/m0/s1. The Hall–Kier alpha value is -2.98. The van der Waals surface area contributed by atoms with E-state index in [1.165, 1.54) is 12.1 Å². The highest BCUT2D eigenvalue weighted by molar-refractivity contribution is 5.84. The zero-order chi connectivity index (χ0) is 26.6. The van der Waals surface area contributed by atoms with Crippen LogP contribution < -0.4 is 5.32 Å². The highest BCUT2D eigenvalue weighted by Crippen LogP contribution is 2.12. The van der Waals surface area contributed by atoms with Crippen molar-refractivity contribution >= 4 is 11.9 Å². The Labute approximate surface area is 219 Å². The number of ether oxygens (including phenoxy) is 5. The molecule has 37 heavy (non-hydrogen) atoms. The van der Waals surface area contributed by atoms with Crippen LogP contribution in [0.2, 0.25) is 0 Å². The summed E-state index contributed by atoms with van der Waals surface area (Å²) >= 11 is 0. The van der Waals surface area contributed by atoms with E-state index in [4.69, 9.17) is 23.7 Å². The van der Waals surface area contributed by atoms with E-state index in [1.54, 1.807) is 12.1 Å². The summed E-state index contributed by atoms with van der Waals surface area (Å²) in [5.74, 6) is -0.722. The van der Waals surface area contributed by atoms with Crippen LogP contribution >= 0.6 is 0 Å². The number of phenolic OH excluding ortho intramolecular Hbond substituents is 1. The summed E-state index contributed by atoms with van der Waals surface area (Å²) in [6.45, 7) is 5.93. The summed E-state index contributed by atoms with van der Waals surface area (Å²) in [4.78, 5) is 25.2. The van der Waals surface area contributed by atoms with E-state index in [9.17, 15) is 14.7 Å². The molecule has 0 bridgehead atoms. The van der Waals surface area contributed by atoms with Gasteiger partial charge in [0.2, 0.25) is 5.91 Å². The number of amides is 1. The Kier molecular flexibility index (Phi) is 15.7. The summed E-state index contributed by atoms with van der Waals surface area (Å²) < 4.78 is 27.1. The maximum atomic E-state index is 12.8. The molecule has 0 aliphatic heterocycles. The minimum Gasteiger partial charge on any atom is -0.508 e. The van der Waals surface area contributed by atoms with Gasteiger partial charge in [-0.05, 0) is 29.7 Å². The first kappa shape index (κ1) is 30.2. The number of rotatable bonds is 20. The number of phenols is 1. The molecule has 0 fully saturated rings. The zero-order valence-electron chi connectivity index (χ0n) is 21.6. The van der Waals surface area contributed by atoms with Crippen LogP contribution in [0, 0.1) is 0 Å². The van der Waals surface area contributed by atoms with E-state index in [1.807, 2.05) is 30.3 Å². The minimum atomic E-state index is -0.864. The third-order valence-corrected chi connectivity index (χ3v) is 5.16. The van der Waals surface area contributed by atoms with Crippen molar-refractivity contribution in [3.05, 3.63) is 65.7 Å². The summed E-state index contributed by atoms with van der Waals surface area (Å²) in [7, 11) is 0. The molecule has 1 atom stereocenters. The van der Waals surface area contributed by atoms with Gasteiger partial charge in [0.1, 0.15) is 18.4 Å². The lowest BCUT2D eigenvalue weighted by Crippen LogP contribution is -2.43. The number of aromatic hydroxyl groups is 1. The highest BCUT2D eigenvalue weighted by atomic mass is 16.6. The summed E-state index contributed by atoms with van der Waals surface area (Å²) in [6, 6.07) is 14.9. The molecule has 0 spiro atoms. The molecule has 2 rings (SSSR count). The molecule has 0 aliphatic carbocycles. The van der Waals surface area contributed by atoms with Gasteiger partial charge < -0.3 is 34.1 Å². The molecule has 0 radical (unpaired) electrons. The van der Waals surface area contributed by atoms with Crippen molar-refractivity contribution in [2.24, 2.45) is 0 Å². The van der Waals surface area contributed by atoms with Gasteiger partial charge in [-0.2, -0.15) is 0 Å². The molecular formula is C28H39NO8. The van der Waals surface area contributed by atoms with Gasteiger partial charge in [-0.15, -0.1) is 0 Å². The topological polar surface area (TPSA) is 113 Å². The van der Waals surface area contributed by atoms with Crippen LogP contribution in [0.3, 0.4) is 0 Å². The average molecular weight is 518 g/mol. The Bertz CT molecular complexity index is 876. The van der Waals surface area contributed by atoms with Gasteiger partial charge in [0.25, 0.3) is 0 Å². The summed E-state index contributed by atoms with van der Waals surface area (Å²) in [6.07, 6.45) is 1.33. The van der Waals surface area contributed by atoms with Crippen LogP contribution in [0.15, 0.2) is 54.6 Å². The van der Waals surface area contributed by atoms with Gasteiger partial charge in [-0.1, -0.05) is 49.4 Å². The van der Waals surface area contributed by atoms with Crippen molar-refractivity contribution in [2.75, 3.05) is 52.9 Å². The lowest BCUT2D eigenvalue weighted by atomic mass is 10.1. The zero-order valence-corrected chi connectivity index (χ0v) is 21.6. The van der Waals surface area contributed by atoms with Crippen molar-refractivity contribution in [3.63, 3.8) is 0 Å². The molecule has 204 valence electrons. The van der Waals surface area contributed by atoms with Crippen LogP contribution in [-0.2, 0) is 46.3 Å². The number of benzene rings is 2. The largest absolute Gasteiger partial charge is 0.508 e. The molecule has 0 aromatic heterocycles. The van der Waals surface area contributed by atoms with Gasteiger partial charge >= 0.3 is 5.97 Å².